The summed E-state index contributed by atoms with van der Waals surface area (Å²) in [5, 5.41) is 6.74. The third-order valence-corrected chi connectivity index (χ3v) is 4.91. The van der Waals surface area contributed by atoms with Crippen molar-refractivity contribution in [1.82, 2.24) is 24.5 Å². The van der Waals surface area contributed by atoms with Crippen molar-refractivity contribution < 1.29 is 0 Å². The maximum Gasteiger partial charge on any atom is 0.227 e. The Hall–Kier alpha value is -4.26. The van der Waals surface area contributed by atoms with E-state index in [1.165, 1.54) is 5.56 Å². The highest BCUT2D eigenvalue weighted by molar-refractivity contribution is 5.85. The van der Waals surface area contributed by atoms with Gasteiger partial charge >= 0.3 is 0 Å². The number of pyridine rings is 1. The molecule has 0 fully saturated rings. The van der Waals surface area contributed by atoms with E-state index in [4.69, 9.17) is 9.97 Å². The summed E-state index contributed by atoms with van der Waals surface area (Å²) in [6.07, 6.45) is 5.37. The van der Waals surface area contributed by atoms with Gasteiger partial charge in [0.2, 0.25) is 5.95 Å². The van der Waals surface area contributed by atoms with Crippen molar-refractivity contribution in [3.05, 3.63) is 103 Å². The van der Waals surface area contributed by atoms with Gasteiger partial charge in [0.25, 0.3) is 0 Å². The molecule has 3 heterocycles. The molecular formula is C24H21N7. The second-order valence-corrected chi connectivity index (χ2v) is 7.07. The summed E-state index contributed by atoms with van der Waals surface area (Å²) in [6.45, 7) is 1.23. The number of fused-ring (bicyclic) bond motifs is 1. The molecule has 0 amide bonds. The van der Waals surface area contributed by atoms with Gasteiger partial charge in [-0.1, -0.05) is 54.6 Å². The fourth-order valence-corrected chi connectivity index (χ4v) is 3.35. The Bertz CT molecular complexity index is 1270. The van der Waals surface area contributed by atoms with E-state index in [-0.39, 0.29) is 0 Å². The summed E-state index contributed by atoms with van der Waals surface area (Å²) < 4.78 is 1.97. The summed E-state index contributed by atoms with van der Waals surface area (Å²) in [5.74, 6) is 1.22. The Morgan fingerprint density at radius 1 is 0.742 bits per heavy atom. The fourth-order valence-electron chi connectivity index (χ4n) is 3.35. The summed E-state index contributed by atoms with van der Waals surface area (Å²) in [5.41, 5.74) is 4.69. The zero-order chi connectivity index (χ0) is 20.9. The van der Waals surface area contributed by atoms with Crippen LogP contribution in [0.3, 0.4) is 0 Å². The van der Waals surface area contributed by atoms with Gasteiger partial charge in [-0.2, -0.15) is 9.97 Å². The molecule has 7 heteroatoms. The number of hydrogen-bond donors (Lipinski definition) is 2. The lowest BCUT2D eigenvalue weighted by Crippen LogP contribution is -2.09. The van der Waals surface area contributed by atoms with E-state index < -0.39 is 0 Å². The molecular weight excluding hydrogens is 386 g/mol. The lowest BCUT2D eigenvalue weighted by atomic mass is 10.2. The molecule has 152 valence electrons. The Morgan fingerprint density at radius 3 is 2.26 bits per heavy atom. The number of imidazole rings is 1. The van der Waals surface area contributed by atoms with Gasteiger partial charge < -0.3 is 10.6 Å². The van der Waals surface area contributed by atoms with E-state index in [2.05, 4.69) is 32.7 Å². The summed E-state index contributed by atoms with van der Waals surface area (Å²) in [6, 6.07) is 24.2. The van der Waals surface area contributed by atoms with Crippen LogP contribution in [0.5, 0.6) is 0 Å². The molecule has 0 aliphatic rings. The predicted molar refractivity (Wildman–Crippen MR) is 122 cm³/mol. The Kier molecular flexibility index (Phi) is 5.22. The molecule has 5 aromatic rings. The normalized spacial score (nSPS) is 10.8. The van der Waals surface area contributed by atoms with Gasteiger partial charge in [0.15, 0.2) is 17.0 Å². The van der Waals surface area contributed by atoms with Crippen LogP contribution in [0.1, 0.15) is 11.1 Å². The highest BCUT2D eigenvalue weighted by Crippen LogP contribution is 2.24. The van der Waals surface area contributed by atoms with Crippen LogP contribution in [0.2, 0.25) is 0 Å². The molecule has 0 saturated heterocycles. The smallest absolute Gasteiger partial charge is 0.227 e. The number of hydrogen-bond acceptors (Lipinski definition) is 6. The standard InChI is InChI=1S/C24H21N7/c1-3-8-18(9-4-1)15-26-22-21-23(31(17-28-21)20-11-5-2-6-12-20)30-24(29-22)27-16-19-10-7-13-25-14-19/h1-14,17H,15-16H2,(H2,26,27,29,30). The lowest BCUT2D eigenvalue weighted by molar-refractivity contribution is 1.02. The first-order valence-electron chi connectivity index (χ1n) is 10.1. The lowest BCUT2D eigenvalue weighted by Gasteiger charge is -2.11. The molecule has 2 N–H and O–H groups in total. The van der Waals surface area contributed by atoms with Crippen LogP contribution in [0.25, 0.3) is 16.9 Å². The van der Waals surface area contributed by atoms with Gasteiger partial charge in [0, 0.05) is 31.2 Å². The van der Waals surface area contributed by atoms with Gasteiger partial charge in [0.05, 0.1) is 0 Å². The molecule has 0 radical (unpaired) electrons. The van der Waals surface area contributed by atoms with Crippen molar-refractivity contribution >= 4 is 22.9 Å². The van der Waals surface area contributed by atoms with Crippen LogP contribution >= 0.6 is 0 Å². The zero-order valence-electron chi connectivity index (χ0n) is 16.8. The van der Waals surface area contributed by atoms with Gasteiger partial charge in [0.1, 0.15) is 6.33 Å². The summed E-state index contributed by atoms with van der Waals surface area (Å²) in [4.78, 5) is 18.2. The van der Waals surface area contributed by atoms with Gasteiger partial charge in [-0.25, -0.2) is 4.98 Å². The molecule has 0 aliphatic carbocycles. The third-order valence-electron chi connectivity index (χ3n) is 4.91. The van der Waals surface area contributed by atoms with Crippen LogP contribution in [0, 0.1) is 0 Å². The molecule has 0 aliphatic heterocycles. The number of benzene rings is 2. The van der Waals surface area contributed by atoms with Crippen molar-refractivity contribution in [2.45, 2.75) is 13.1 Å². The minimum Gasteiger partial charge on any atom is -0.364 e. The van der Waals surface area contributed by atoms with Gasteiger partial charge in [-0.05, 0) is 29.3 Å². The molecule has 0 spiro atoms. The van der Waals surface area contributed by atoms with E-state index in [1.54, 1.807) is 12.5 Å². The first-order valence-corrected chi connectivity index (χ1v) is 10.1. The highest BCUT2D eigenvalue weighted by atomic mass is 15.2. The number of para-hydroxylation sites is 1. The van der Waals surface area contributed by atoms with Crippen molar-refractivity contribution in [3.63, 3.8) is 0 Å². The quantitative estimate of drug-likeness (QED) is 0.415. The molecule has 0 atom stereocenters. The molecule has 7 nitrogen and oxygen atoms in total. The largest absolute Gasteiger partial charge is 0.364 e. The molecule has 31 heavy (non-hydrogen) atoms. The predicted octanol–water partition coefficient (Wildman–Crippen LogP) is 4.43. The number of nitrogens with zero attached hydrogens (tertiary/aromatic N) is 5. The number of rotatable bonds is 7. The second kappa shape index (κ2) is 8.62. The molecule has 0 bridgehead atoms. The van der Waals surface area contributed by atoms with E-state index in [0.717, 1.165) is 22.4 Å². The second-order valence-electron chi connectivity index (χ2n) is 7.07. The van der Waals surface area contributed by atoms with E-state index in [1.807, 2.05) is 71.4 Å². The van der Waals surface area contributed by atoms with Crippen LogP contribution in [0.4, 0.5) is 11.8 Å². The van der Waals surface area contributed by atoms with E-state index in [9.17, 15) is 0 Å². The van der Waals surface area contributed by atoms with Crippen LogP contribution in [0.15, 0.2) is 91.5 Å². The number of nitrogens with one attached hydrogen (secondary N) is 2. The number of anilines is 2. The SMILES string of the molecule is c1ccc(CNc2nc(NCc3cccnc3)nc3c2ncn3-c2ccccc2)cc1. The highest BCUT2D eigenvalue weighted by Gasteiger charge is 2.14. The zero-order valence-corrected chi connectivity index (χ0v) is 16.8. The van der Waals surface area contributed by atoms with E-state index >= 15 is 0 Å². The van der Waals surface area contributed by atoms with Crippen molar-refractivity contribution in [3.8, 4) is 5.69 Å². The molecule has 5 rings (SSSR count). The van der Waals surface area contributed by atoms with Crippen LogP contribution in [-0.4, -0.2) is 24.5 Å². The minimum absolute atomic E-state index is 0.532. The van der Waals surface area contributed by atoms with Crippen molar-refractivity contribution in [1.29, 1.82) is 0 Å². The van der Waals surface area contributed by atoms with Crippen LogP contribution in [-0.2, 0) is 13.1 Å². The monoisotopic (exact) mass is 407 g/mol. The first kappa shape index (κ1) is 18.7. The van der Waals surface area contributed by atoms with Gasteiger partial charge in [-0.15, -0.1) is 0 Å². The molecule has 0 saturated carbocycles. The number of aromatic nitrogens is 5. The molecule has 3 aromatic heterocycles. The van der Waals surface area contributed by atoms with E-state index in [0.29, 0.717) is 24.9 Å². The molecule has 0 unspecified atom stereocenters. The fraction of sp³-hybridized carbons (Fsp3) is 0.0833. The Labute approximate surface area is 179 Å². The average molecular weight is 407 g/mol. The van der Waals surface area contributed by atoms with Crippen molar-refractivity contribution in [2.24, 2.45) is 0 Å². The minimum atomic E-state index is 0.532. The van der Waals surface area contributed by atoms with Gasteiger partial charge in [-0.3, -0.25) is 9.55 Å². The topological polar surface area (TPSA) is 80.6 Å². The third kappa shape index (κ3) is 4.20. The first-order chi connectivity index (χ1) is 15.4. The Balaban J connectivity index is 1.51. The summed E-state index contributed by atoms with van der Waals surface area (Å²) in [7, 11) is 0. The summed E-state index contributed by atoms with van der Waals surface area (Å²) >= 11 is 0. The molecule has 2 aromatic carbocycles. The maximum atomic E-state index is 4.76. The average Bonchev–Trinajstić information content (AvgIpc) is 3.27. The van der Waals surface area contributed by atoms with Crippen molar-refractivity contribution in [2.75, 3.05) is 10.6 Å². The Morgan fingerprint density at radius 2 is 1.48 bits per heavy atom. The van der Waals surface area contributed by atoms with Crippen LogP contribution < -0.4 is 10.6 Å². The maximum absolute atomic E-state index is 4.76.